The highest BCUT2D eigenvalue weighted by Gasteiger charge is 2.19. The highest BCUT2D eigenvalue weighted by molar-refractivity contribution is 7.89. The molecule has 2 rings (SSSR count). The molecule has 7 nitrogen and oxygen atoms in total. The van der Waals surface area contributed by atoms with E-state index < -0.39 is 16.0 Å². The number of sulfonamides is 1. The number of rotatable bonds is 8. The van der Waals surface area contributed by atoms with Crippen LogP contribution in [0.5, 0.6) is 5.75 Å². The van der Waals surface area contributed by atoms with Crippen LogP contribution in [0, 0.1) is 0 Å². The van der Waals surface area contributed by atoms with Crippen molar-refractivity contribution < 1.29 is 23.1 Å². The molecule has 3 N–H and O–H groups in total. The van der Waals surface area contributed by atoms with Crippen molar-refractivity contribution in [2.45, 2.75) is 11.3 Å². The number of hydrogen-bond donors (Lipinski definition) is 3. The lowest BCUT2D eigenvalue weighted by molar-refractivity contribution is 0.0696. The van der Waals surface area contributed by atoms with Gasteiger partial charge in [0.15, 0.2) is 0 Å². The molecule has 0 radical (unpaired) electrons. The normalized spacial score (nSPS) is 11.1. The lowest BCUT2D eigenvalue weighted by atomic mass is 10.1. The zero-order chi connectivity index (χ0) is 18.4. The average Bonchev–Trinajstić information content (AvgIpc) is 2.62. The van der Waals surface area contributed by atoms with Gasteiger partial charge in [0.25, 0.3) is 0 Å². The first-order valence-corrected chi connectivity index (χ1v) is 9.03. The quantitative estimate of drug-likeness (QED) is 0.661. The van der Waals surface area contributed by atoms with Crippen LogP contribution >= 0.6 is 0 Å². The minimum Gasteiger partial charge on any atom is -0.497 e. The zero-order valence-electron chi connectivity index (χ0n) is 13.9. The minimum atomic E-state index is -3.78. The van der Waals surface area contributed by atoms with Crippen LogP contribution < -0.4 is 14.8 Å². The molecule has 0 heterocycles. The molecule has 2 aromatic rings. The Morgan fingerprint density at radius 3 is 2.40 bits per heavy atom. The summed E-state index contributed by atoms with van der Waals surface area (Å²) in [7, 11) is -0.901. The van der Waals surface area contributed by atoms with E-state index in [2.05, 4.69) is 10.0 Å². The van der Waals surface area contributed by atoms with E-state index >= 15 is 0 Å². The Labute approximate surface area is 146 Å². The van der Waals surface area contributed by atoms with Crippen molar-refractivity contribution in [3.8, 4) is 5.75 Å². The Morgan fingerprint density at radius 1 is 1.16 bits per heavy atom. The van der Waals surface area contributed by atoms with Crippen LogP contribution in [0.4, 0.5) is 5.69 Å². The van der Waals surface area contributed by atoms with Crippen molar-refractivity contribution in [1.82, 2.24) is 4.72 Å². The van der Waals surface area contributed by atoms with Gasteiger partial charge in [-0.15, -0.1) is 0 Å². The van der Waals surface area contributed by atoms with Gasteiger partial charge in [-0.3, -0.25) is 0 Å². The summed E-state index contributed by atoms with van der Waals surface area (Å²) in [6.45, 7) is 0.491. The molecule has 0 fully saturated rings. The molecule has 0 spiro atoms. The van der Waals surface area contributed by atoms with Crippen molar-refractivity contribution in [2.75, 3.05) is 26.0 Å². The first-order valence-electron chi connectivity index (χ1n) is 7.55. The fraction of sp³-hybridized carbons (Fsp3) is 0.235. The maximum absolute atomic E-state index is 12.1. The third-order valence-electron chi connectivity index (χ3n) is 3.67. The maximum Gasteiger partial charge on any atom is 0.335 e. The van der Waals surface area contributed by atoms with Gasteiger partial charge < -0.3 is 15.2 Å². The number of hydrogen-bond acceptors (Lipinski definition) is 5. The van der Waals surface area contributed by atoms with Crippen molar-refractivity contribution >= 4 is 21.7 Å². The second-order valence-electron chi connectivity index (χ2n) is 5.25. The van der Waals surface area contributed by atoms with Crippen LogP contribution in [-0.4, -0.2) is 40.2 Å². The number of methoxy groups -OCH3 is 1. The van der Waals surface area contributed by atoms with Crippen molar-refractivity contribution in [1.29, 1.82) is 0 Å². The average molecular weight is 364 g/mol. The number of nitrogens with one attached hydrogen (secondary N) is 2. The highest BCUT2D eigenvalue weighted by Crippen LogP contribution is 2.23. The van der Waals surface area contributed by atoms with E-state index in [0.29, 0.717) is 18.7 Å². The van der Waals surface area contributed by atoms with E-state index in [0.717, 1.165) is 17.4 Å². The lowest BCUT2D eigenvalue weighted by Gasteiger charge is -2.13. The topological polar surface area (TPSA) is 105 Å². The molecule has 0 amide bonds. The van der Waals surface area contributed by atoms with Gasteiger partial charge >= 0.3 is 5.97 Å². The van der Waals surface area contributed by atoms with Gasteiger partial charge in [-0.05, 0) is 49.4 Å². The summed E-state index contributed by atoms with van der Waals surface area (Å²) in [5, 5.41) is 12.1. The minimum absolute atomic E-state index is 0.0884. The monoisotopic (exact) mass is 364 g/mol. The molecule has 0 aliphatic heterocycles. The first kappa shape index (κ1) is 18.8. The Hall–Kier alpha value is -2.58. The van der Waals surface area contributed by atoms with Gasteiger partial charge in [0, 0.05) is 6.54 Å². The lowest BCUT2D eigenvalue weighted by Crippen LogP contribution is -2.21. The van der Waals surface area contributed by atoms with E-state index in [1.165, 1.54) is 19.2 Å². The summed E-state index contributed by atoms with van der Waals surface area (Å²) in [4.78, 5) is 11.0. The number of benzene rings is 2. The molecule has 25 heavy (non-hydrogen) atoms. The van der Waals surface area contributed by atoms with Gasteiger partial charge in [-0.25, -0.2) is 17.9 Å². The van der Waals surface area contributed by atoms with Crippen molar-refractivity contribution in [2.24, 2.45) is 0 Å². The zero-order valence-corrected chi connectivity index (χ0v) is 14.8. The van der Waals surface area contributed by atoms with Gasteiger partial charge in [-0.1, -0.05) is 12.1 Å². The molecule has 0 atom stereocenters. The second-order valence-corrected chi connectivity index (χ2v) is 7.10. The number of anilines is 1. The largest absolute Gasteiger partial charge is 0.497 e. The van der Waals surface area contributed by atoms with E-state index in [1.807, 2.05) is 24.3 Å². The summed E-state index contributed by atoms with van der Waals surface area (Å²) in [5.74, 6) is -0.416. The van der Waals surface area contributed by atoms with E-state index in [-0.39, 0.29) is 10.5 Å². The highest BCUT2D eigenvalue weighted by atomic mass is 32.2. The number of ether oxygens (including phenoxy) is 1. The predicted octanol–water partition coefficient (Wildman–Crippen LogP) is 1.96. The van der Waals surface area contributed by atoms with Crippen molar-refractivity contribution in [3.63, 3.8) is 0 Å². The van der Waals surface area contributed by atoms with Gasteiger partial charge in [0.05, 0.1) is 18.4 Å². The van der Waals surface area contributed by atoms with Gasteiger partial charge in [-0.2, -0.15) is 0 Å². The molecule has 0 saturated carbocycles. The number of aromatic carboxylic acids is 1. The second kappa shape index (κ2) is 8.00. The molecule has 134 valence electrons. The Morgan fingerprint density at radius 2 is 1.84 bits per heavy atom. The third kappa shape index (κ3) is 4.71. The molecule has 2 aromatic carbocycles. The summed E-state index contributed by atoms with van der Waals surface area (Å²) < 4.78 is 31.6. The standard InChI is InChI=1S/C17H20N2O5S/c1-18-25(22,23)16-11-13(17(20)21)5-8-15(16)19-10-9-12-3-6-14(24-2)7-4-12/h3-8,11,18-19H,9-10H2,1-2H3,(H,20,21). The molecular weight excluding hydrogens is 344 g/mol. The molecule has 0 aliphatic carbocycles. The van der Waals surface area contributed by atoms with Crippen LogP contribution in [0.25, 0.3) is 0 Å². The fourth-order valence-electron chi connectivity index (χ4n) is 2.27. The summed E-state index contributed by atoms with van der Waals surface area (Å²) in [6, 6.07) is 11.5. The summed E-state index contributed by atoms with van der Waals surface area (Å²) >= 11 is 0. The molecule has 8 heteroatoms. The van der Waals surface area contributed by atoms with Crippen LogP contribution in [-0.2, 0) is 16.4 Å². The number of carboxylic acid groups (broad SMARTS) is 1. The summed E-state index contributed by atoms with van der Waals surface area (Å²) in [5.41, 5.74) is 1.33. The van der Waals surface area contributed by atoms with Crippen LogP contribution in [0.1, 0.15) is 15.9 Å². The van der Waals surface area contributed by atoms with E-state index in [9.17, 15) is 13.2 Å². The smallest absolute Gasteiger partial charge is 0.335 e. The number of carboxylic acids is 1. The molecule has 0 aliphatic rings. The van der Waals surface area contributed by atoms with E-state index in [4.69, 9.17) is 9.84 Å². The van der Waals surface area contributed by atoms with Crippen molar-refractivity contribution in [3.05, 3.63) is 53.6 Å². The Bertz CT molecular complexity index is 848. The number of carbonyl (C=O) groups is 1. The third-order valence-corrected chi connectivity index (χ3v) is 5.13. The van der Waals surface area contributed by atoms with Gasteiger partial charge in [0.2, 0.25) is 10.0 Å². The maximum atomic E-state index is 12.1. The first-order chi connectivity index (χ1) is 11.9. The molecule has 0 unspecified atom stereocenters. The van der Waals surface area contributed by atoms with E-state index in [1.54, 1.807) is 7.11 Å². The molecule has 0 saturated heterocycles. The summed E-state index contributed by atoms with van der Waals surface area (Å²) in [6.07, 6.45) is 0.670. The molecular formula is C17H20N2O5S. The Balaban J connectivity index is 2.16. The predicted molar refractivity (Wildman–Crippen MR) is 94.8 cm³/mol. The molecule has 0 bridgehead atoms. The Kier molecular flexibility index (Phi) is 6.00. The molecule has 0 aromatic heterocycles. The fourth-order valence-corrected chi connectivity index (χ4v) is 3.20. The van der Waals surface area contributed by atoms with Gasteiger partial charge in [0.1, 0.15) is 10.6 Å². The van der Waals surface area contributed by atoms with Crippen LogP contribution in [0.15, 0.2) is 47.4 Å². The SMILES string of the molecule is CNS(=O)(=O)c1cc(C(=O)O)ccc1NCCc1ccc(OC)cc1. The van der Waals surface area contributed by atoms with Crippen LogP contribution in [0.3, 0.4) is 0 Å². The van der Waals surface area contributed by atoms with Crippen LogP contribution in [0.2, 0.25) is 0 Å².